The van der Waals surface area contributed by atoms with Crippen molar-refractivity contribution >= 4 is 33.0 Å². The number of hydrogen-bond acceptors (Lipinski definition) is 4. The molecule has 2 aromatic carbocycles. The Kier molecular flexibility index (Phi) is 3.74. The number of rotatable bonds is 3. The Balaban J connectivity index is 2.40. The Morgan fingerprint density at radius 1 is 1.20 bits per heavy atom. The standard InChI is InChI=1S/C12H10ClFN2O3S/c13-7-1-3-9(14)11(5-7)16-20(18,19)8-2-4-12(17)10(15)6-8/h1-6,16-17H,15H2. The first-order chi connectivity index (χ1) is 9.29. The zero-order valence-corrected chi connectivity index (χ0v) is 11.5. The molecule has 0 spiro atoms. The molecular formula is C12H10ClFN2O3S. The van der Waals surface area contributed by atoms with E-state index in [9.17, 15) is 17.9 Å². The van der Waals surface area contributed by atoms with Crippen molar-refractivity contribution < 1.29 is 17.9 Å². The SMILES string of the molecule is Nc1cc(S(=O)(=O)Nc2cc(Cl)ccc2F)ccc1O. The highest BCUT2D eigenvalue weighted by Crippen LogP contribution is 2.26. The van der Waals surface area contributed by atoms with E-state index in [2.05, 4.69) is 4.72 Å². The Morgan fingerprint density at radius 2 is 1.90 bits per heavy atom. The van der Waals surface area contributed by atoms with Crippen molar-refractivity contribution in [1.82, 2.24) is 0 Å². The summed E-state index contributed by atoms with van der Waals surface area (Å²) in [5.41, 5.74) is 5.06. The van der Waals surface area contributed by atoms with Crippen molar-refractivity contribution in [3.63, 3.8) is 0 Å². The van der Waals surface area contributed by atoms with Gasteiger partial charge in [0, 0.05) is 5.02 Å². The number of hydrogen-bond donors (Lipinski definition) is 3. The molecule has 0 aliphatic heterocycles. The van der Waals surface area contributed by atoms with Gasteiger partial charge >= 0.3 is 0 Å². The highest BCUT2D eigenvalue weighted by atomic mass is 35.5. The van der Waals surface area contributed by atoms with E-state index in [4.69, 9.17) is 17.3 Å². The van der Waals surface area contributed by atoms with Gasteiger partial charge in [0.25, 0.3) is 10.0 Å². The molecule has 0 aromatic heterocycles. The van der Waals surface area contributed by atoms with Gasteiger partial charge in [0.15, 0.2) is 0 Å². The van der Waals surface area contributed by atoms with E-state index in [0.29, 0.717) is 0 Å². The third-order valence-electron chi connectivity index (χ3n) is 2.48. The number of phenolic OH excluding ortho intramolecular Hbond substituents is 1. The summed E-state index contributed by atoms with van der Waals surface area (Å²) in [4.78, 5) is -0.202. The molecule has 0 atom stereocenters. The molecule has 0 saturated heterocycles. The van der Waals surface area contributed by atoms with Gasteiger partial charge in [0.05, 0.1) is 16.3 Å². The highest BCUT2D eigenvalue weighted by molar-refractivity contribution is 7.92. The lowest BCUT2D eigenvalue weighted by Gasteiger charge is -2.10. The number of nitrogen functional groups attached to an aromatic ring is 1. The smallest absolute Gasteiger partial charge is 0.262 e. The van der Waals surface area contributed by atoms with Crippen LogP contribution in [0.1, 0.15) is 0 Å². The fraction of sp³-hybridized carbons (Fsp3) is 0. The molecule has 2 aromatic rings. The molecule has 2 rings (SSSR count). The maximum absolute atomic E-state index is 13.5. The summed E-state index contributed by atoms with van der Waals surface area (Å²) in [6.07, 6.45) is 0. The second-order valence-corrected chi connectivity index (χ2v) is 6.07. The van der Waals surface area contributed by atoms with Crippen LogP contribution in [0.2, 0.25) is 5.02 Å². The van der Waals surface area contributed by atoms with Gasteiger partial charge in [-0.25, -0.2) is 12.8 Å². The highest BCUT2D eigenvalue weighted by Gasteiger charge is 2.17. The molecule has 0 radical (unpaired) electrons. The van der Waals surface area contributed by atoms with E-state index in [1.807, 2.05) is 0 Å². The summed E-state index contributed by atoms with van der Waals surface area (Å²) in [5.74, 6) is -0.998. The van der Waals surface area contributed by atoms with Crippen LogP contribution in [0.5, 0.6) is 5.75 Å². The zero-order valence-electron chi connectivity index (χ0n) is 9.97. The van der Waals surface area contributed by atoms with Crippen LogP contribution in [-0.2, 0) is 10.0 Å². The summed E-state index contributed by atoms with van der Waals surface area (Å²) in [7, 11) is -4.03. The maximum atomic E-state index is 13.5. The van der Waals surface area contributed by atoms with Crippen molar-refractivity contribution in [2.45, 2.75) is 4.90 Å². The van der Waals surface area contributed by atoms with Crippen LogP contribution in [-0.4, -0.2) is 13.5 Å². The number of aromatic hydroxyl groups is 1. The molecule has 0 aliphatic rings. The lowest BCUT2D eigenvalue weighted by Crippen LogP contribution is -2.14. The van der Waals surface area contributed by atoms with Crippen molar-refractivity contribution in [3.05, 3.63) is 47.2 Å². The number of nitrogens with one attached hydrogen (secondary N) is 1. The zero-order chi connectivity index (χ0) is 14.9. The summed E-state index contributed by atoms with van der Waals surface area (Å²) < 4.78 is 39.7. The second-order valence-electron chi connectivity index (χ2n) is 3.95. The molecule has 0 saturated carbocycles. The van der Waals surface area contributed by atoms with E-state index < -0.39 is 15.8 Å². The monoisotopic (exact) mass is 316 g/mol. The van der Waals surface area contributed by atoms with Crippen molar-refractivity contribution in [3.8, 4) is 5.75 Å². The van der Waals surface area contributed by atoms with Crippen LogP contribution < -0.4 is 10.5 Å². The van der Waals surface area contributed by atoms with Crippen molar-refractivity contribution in [2.24, 2.45) is 0 Å². The van der Waals surface area contributed by atoms with Crippen LogP contribution in [0.3, 0.4) is 0 Å². The third kappa shape index (κ3) is 2.94. The molecule has 4 N–H and O–H groups in total. The minimum Gasteiger partial charge on any atom is -0.506 e. The minimum absolute atomic E-state index is 0.0977. The van der Waals surface area contributed by atoms with Gasteiger partial charge in [0.2, 0.25) is 0 Å². The van der Waals surface area contributed by atoms with Gasteiger partial charge in [0.1, 0.15) is 11.6 Å². The van der Waals surface area contributed by atoms with E-state index in [0.717, 1.165) is 30.3 Å². The van der Waals surface area contributed by atoms with Gasteiger partial charge in [-0.2, -0.15) is 0 Å². The molecule has 0 unspecified atom stereocenters. The Morgan fingerprint density at radius 3 is 2.55 bits per heavy atom. The predicted octanol–water partition coefficient (Wildman–Crippen LogP) is 2.57. The fourth-order valence-corrected chi connectivity index (χ4v) is 2.74. The number of halogens is 2. The van der Waals surface area contributed by atoms with Gasteiger partial charge in [-0.3, -0.25) is 4.72 Å². The lowest BCUT2D eigenvalue weighted by molar-refractivity contribution is 0.477. The lowest BCUT2D eigenvalue weighted by atomic mass is 10.3. The van der Waals surface area contributed by atoms with Gasteiger partial charge in [-0.05, 0) is 36.4 Å². The number of benzene rings is 2. The molecule has 106 valence electrons. The van der Waals surface area contributed by atoms with Gasteiger partial charge in [-0.1, -0.05) is 11.6 Å². The first kappa shape index (κ1) is 14.4. The quantitative estimate of drug-likeness (QED) is 0.599. The second kappa shape index (κ2) is 5.18. The molecular weight excluding hydrogens is 307 g/mol. The van der Waals surface area contributed by atoms with Crippen LogP contribution >= 0.6 is 11.6 Å². The van der Waals surface area contributed by atoms with Crippen LogP contribution in [0.25, 0.3) is 0 Å². The third-order valence-corrected chi connectivity index (χ3v) is 4.08. The average molecular weight is 317 g/mol. The average Bonchev–Trinajstić information content (AvgIpc) is 2.36. The Labute approximate surface area is 119 Å². The Hall–Kier alpha value is -1.99. The first-order valence-electron chi connectivity index (χ1n) is 5.36. The molecule has 0 heterocycles. The molecule has 8 heteroatoms. The largest absolute Gasteiger partial charge is 0.506 e. The molecule has 0 aliphatic carbocycles. The Bertz CT molecular complexity index is 765. The van der Waals surface area contributed by atoms with Crippen LogP contribution in [0.4, 0.5) is 15.8 Å². The molecule has 0 bridgehead atoms. The molecule has 5 nitrogen and oxygen atoms in total. The number of phenols is 1. The topological polar surface area (TPSA) is 92.4 Å². The van der Waals surface area contributed by atoms with Gasteiger partial charge < -0.3 is 10.8 Å². The van der Waals surface area contributed by atoms with Crippen LogP contribution in [0.15, 0.2) is 41.3 Å². The van der Waals surface area contributed by atoms with Crippen molar-refractivity contribution in [1.29, 1.82) is 0 Å². The summed E-state index contributed by atoms with van der Waals surface area (Å²) in [6.45, 7) is 0. The first-order valence-corrected chi connectivity index (χ1v) is 7.22. The summed E-state index contributed by atoms with van der Waals surface area (Å²) in [6, 6.07) is 6.85. The van der Waals surface area contributed by atoms with E-state index in [1.165, 1.54) is 6.07 Å². The number of nitrogens with two attached hydrogens (primary N) is 1. The predicted molar refractivity (Wildman–Crippen MR) is 74.7 cm³/mol. The number of sulfonamides is 1. The van der Waals surface area contributed by atoms with Crippen LogP contribution in [0, 0.1) is 5.82 Å². The molecule has 20 heavy (non-hydrogen) atoms. The number of anilines is 2. The van der Waals surface area contributed by atoms with Crippen molar-refractivity contribution in [2.75, 3.05) is 10.5 Å². The summed E-state index contributed by atoms with van der Waals surface area (Å²) >= 11 is 5.68. The molecule has 0 fully saturated rings. The fourth-order valence-electron chi connectivity index (χ4n) is 1.48. The maximum Gasteiger partial charge on any atom is 0.262 e. The molecule has 0 amide bonds. The van der Waals surface area contributed by atoms with E-state index >= 15 is 0 Å². The van der Waals surface area contributed by atoms with E-state index in [-0.39, 0.29) is 27.0 Å². The minimum atomic E-state index is -4.03. The normalized spacial score (nSPS) is 11.3. The van der Waals surface area contributed by atoms with Gasteiger partial charge in [-0.15, -0.1) is 0 Å². The summed E-state index contributed by atoms with van der Waals surface area (Å²) in [5, 5.41) is 9.45. The van der Waals surface area contributed by atoms with E-state index in [1.54, 1.807) is 0 Å².